The molecule has 5 nitrogen and oxygen atoms in total. The average Bonchev–Trinajstić information content (AvgIpc) is 2.61. The van der Waals surface area contributed by atoms with Gasteiger partial charge >= 0.3 is 0 Å². The van der Waals surface area contributed by atoms with E-state index < -0.39 is 0 Å². The lowest BCUT2D eigenvalue weighted by Gasteiger charge is -2.32. The number of hydrogen-bond donors (Lipinski definition) is 1. The number of pyridine rings is 1. The molecule has 5 heteroatoms. The van der Waals surface area contributed by atoms with Gasteiger partial charge in [-0.1, -0.05) is 12.1 Å². The van der Waals surface area contributed by atoms with E-state index in [4.69, 9.17) is 4.74 Å². The van der Waals surface area contributed by atoms with Crippen molar-refractivity contribution < 1.29 is 9.53 Å². The van der Waals surface area contributed by atoms with E-state index >= 15 is 0 Å². The number of carbonyl (C=O) groups is 1. The van der Waals surface area contributed by atoms with Gasteiger partial charge in [0.25, 0.3) is 5.91 Å². The van der Waals surface area contributed by atoms with Gasteiger partial charge in [-0.05, 0) is 43.7 Å². The van der Waals surface area contributed by atoms with Gasteiger partial charge < -0.3 is 15.0 Å². The fourth-order valence-electron chi connectivity index (χ4n) is 2.80. The highest BCUT2D eigenvalue weighted by Crippen LogP contribution is 2.14. The molecule has 1 N–H and O–H groups in total. The number of amides is 1. The van der Waals surface area contributed by atoms with E-state index in [0.29, 0.717) is 18.2 Å². The Balaban J connectivity index is 1.65. The Bertz CT molecular complexity index is 700. The minimum Gasteiger partial charge on any atom is -0.487 e. The van der Waals surface area contributed by atoms with Gasteiger partial charge in [0.05, 0.1) is 6.20 Å². The van der Waals surface area contributed by atoms with Crippen LogP contribution >= 0.6 is 0 Å². The van der Waals surface area contributed by atoms with Crippen LogP contribution in [0.15, 0.2) is 42.6 Å². The van der Waals surface area contributed by atoms with E-state index in [9.17, 15) is 4.79 Å². The van der Waals surface area contributed by atoms with E-state index in [2.05, 4.69) is 17.2 Å². The maximum absolute atomic E-state index is 12.7. The van der Waals surface area contributed by atoms with Gasteiger partial charge in [-0.3, -0.25) is 9.78 Å². The van der Waals surface area contributed by atoms with Crippen LogP contribution in [0.5, 0.6) is 5.75 Å². The number of carbonyl (C=O) groups excluding carboxylic acids is 1. The molecule has 2 heterocycles. The van der Waals surface area contributed by atoms with Gasteiger partial charge in [0, 0.05) is 36.9 Å². The van der Waals surface area contributed by atoms with Crippen molar-refractivity contribution in [1.82, 2.24) is 15.2 Å². The number of nitrogens with one attached hydrogen (secondary N) is 1. The van der Waals surface area contributed by atoms with E-state index in [1.165, 1.54) is 0 Å². The molecule has 126 valence electrons. The Hall–Kier alpha value is -2.40. The number of benzene rings is 1. The first-order chi connectivity index (χ1) is 11.6. The quantitative estimate of drug-likeness (QED) is 0.938. The number of hydrogen-bond acceptors (Lipinski definition) is 4. The summed E-state index contributed by atoms with van der Waals surface area (Å²) in [5, 5.41) is 3.35. The number of rotatable bonds is 4. The van der Waals surface area contributed by atoms with Crippen LogP contribution in [0, 0.1) is 6.92 Å². The van der Waals surface area contributed by atoms with Crippen molar-refractivity contribution in [3.05, 3.63) is 59.4 Å². The molecular weight excluding hydrogens is 302 g/mol. The largest absolute Gasteiger partial charge is 0.487 e. The third kappa shape index (κ3) is 4.11. The summed E-state index contributed by atoms with van der Waals surface area (Å²) in [4.78, 5) is 18.8. The van der Waals surface area contributed by atoms with Gasteiger partial charge in [-0.15, -0.1) is 0 Å². The number of piperazine rings is 1. The van der Waals surface area contributed by atoms with Crippen LogP contribution in [0.3, 0.4) is 0 Å². The second-order valence-electron chi connectivity index (χ2n) is 6.23. The summed E-state index contributed by atoms with van der Waals surface area (Å²) in [6, 6.07) is 11.8. The molecule has 1 saturated heterocycles. The van der Waals surface area contributed by atoms with Gasteiger partial charge in [0.15, 0.2) is 0 Å². The third-order valence-corrected chi connectivity index (χ3v) is 4.12. The third-order valence-electron chi connectivity index (χ3n) is 4.12. The summed E-state index contributed by atoms with van der Waals surface area (Å²) in [7, 11) is 0. The van der Waals surface area contributed by atoms with Crippen LogP contribution in [0.25, 0.3) is 0 Å². The van der Waals surface area contributed by atoms with Crippen molar-refractivity contribution in [3.63, 3.8) is 0 Å². The second kappa shape index (κ2) is 7.45. The van der Waals surface area contributed by atoms with Gasteiger partial charge in [0.2, 0.25) is 0 Å². The molecule has 1 fully saturated rings. The van der Waals surface area contributed by atoms with Crippen LogP contribution in [0.4, 0.5) is 0 Å². The minimum absolute atomic E-state index is 0.0854. The number of ether oxygens (including phenoxy) is 1. The van der Waals surface area contributed by atoms with Gasteiger partial charge in [-0.2, -0.15) is 0 Å². The molecular formula is C19H23N3O2. The Labute approximate surface area is 142 Å². The normalized spacial score (nSPS) is 17.6. The topological polar surface area (TPSA) is 54.5 Å². The highest BCUT2D eigenvalue weighted by atomic mass is 16.5. The predicted molar refractivity (Wildman–Crippen MR) is 93.1 cm³/mol. The van der Waals surface area contributed by atoms with Crippen molar-refractivity contribution in [2.45, 2.75) is 26.5 Å². The smallest absolute Gasteiger partial charge is 0.253 e. The summed E-state index contributed by atoms with van der Waals surface area (Å²) < 4.78 is 5.75. The summed E-state index contributed by atoms with van der Waals surface area (Å²) in [6.07, 6.45) is 1.71. The summed E-state index contributed by atoms with van der Waals surface area (Å²) in [5.74, 6) is 0.815. The Morgan fingerprint density at radius 2 is 2.25 bits per heavy atom. The van der Waals surface area contributed by atoms with Crippen molar-refractivity contribution in [3.8, 4) is 5.75 Å². The number of nitrogens with zero attached hydrogens (tertiary/aromatic N) is 2. The summed E-state index contributed by atoms with van der Waals surface area (Å²) in [6.45, 7) is 6.79. The lowest BCUT2D eigenvalue weighted by atomic mass is 10.1. The first-order valence-corrected chi connectivity index (χ1v) is 8.29. The lowest BCUT2D eigenvalue weighted by molar-refractivity contribution is 0.0709. The first-order valence-electron chi connectivity index (χ1n) is 8.29. The molecule has 24 heavy (non-hydrogen) atoms. The van der Waals surface area contributed by atoms with Crippen LogP contribution < -0.4 is 10.1 Å². The van der Waals surface area contributed by atoms with E-state index in [1.54, 1.807) is 6.20 Å². The molecule has 0 radical (unpaired) electrons. The van der Waals surface area contributed by atoms with E-state index in [-0.39, 0.29) is 5.91 Å². The molecule has 0 unspecified atom stereocenters. The highest BCUT2D eigenvalue weighted by molar-refractivity contribution is 5.94. The highest BCUT2D eigenvalue weighted by Gasteiger charge is 2.21. The molecule has 2 aromatic rings. The fraction of sp³-hybridized carbons (Fsp3) is 0.368. The Morgan fingerprint density at radius 1 is 1.38 bits per heavy atom. The van der Waals surface area contributed by atoms with Crippen LogP contribution in [0.2, 0.25) is 0 Å². The Morgan fingerprint density at radius 3 is 3.00 bits per heavy atom. The lowest BCUT2D eigenvalue weighted by Crippen LogP contribution is -2.51. The van der Waals surface area contributed by atoms with Crippen molar-refractivity contribution in [2.24, 2.45) is 0 Å². The zero-order valence-electron chi connectivity index (χ0n) is 14.2. The SMILES string of the molecule is Cc1ccc(OCc2cccc(C(=O)N3CCN[C@H](C)C3)c2)cn1. The molecule has 0 aliphatic carbocycles. The Kier molecular flexibility index (Phi) is 5.11. The molecule has 1 aromatic heterocycles. The first kappa shape index (κ1) is 16.5. The molecule has 0 spiro atoms. The molecule has 1 aliphatic heterocycles. The molecule has 1 amide bonds. The van der Waals surface area contributed by atoms with Crippen molar-refractivity contribution >= 4 is 5.91 Å². The maximum atomic E-state index is 12.7. The zero-order valence-corrected chi connectivity index (χ0v) is 14.2. The van der Waals surface area contributed by atoms with Crippen LogP contribution in [-0.2, 0) is 6.61 Å². The monoisotopic (exact) mass is 325 g/mol. The maximum Gasteiger partial charge on any atom is 0.253 e. The van der Waals surface area contributed by atoms with Crippen molar-refractivity contribution in [1.29, 1.82) is 0 Å². The van der Waals surface area contributed by atoms with Crippen LogP contribution in [-0.4, -0.2) is 41.5 Å². The summed E-state index contributed by atoms with van der Waals surface area (Å²) >= 11 is 0. The van der Waals surface area contributed by atoms with E-state index in [1.807, 2.05) is 48.2 Å². The van der Waals surface area contributed by atoms with Crippen LogP contribution in [0.1, 0.15) is 28.5 Å². The second-order valence-corrected chi connectivity index (χ2v) is 6.23. The number of aryl methyl sites for hydroxylation is 1. The van der Waals surface area contributed by atoms with Gasteiger partial charge in [-0.25, -0.2) is 0 Å². The molecule has 1 aromatic carbocycles. The van der Waals surface area contributed by atoms with Crippen molar-refractivity contribution in [2.75, 3.05) is 19.6 Å². The molecule has 3 rings (SSSR count). The fourth-order valence-corrected chi connectivity index (χ4v) is 2.80. The summed E-state index contributed by atoms with van der Waals surface area (Å²) in [5.41, 5.74) is 2.65. The van der Waals surface area contributed by atoms with E-state index in [0.717, 1.165) is 36.6 Å². The molecule has 1 aliphatic rings. The standard InChI is InChI=1S/C19H23N3O2/c1-14-6-7-18(11-21-14)24-13-16-4-3-5-17(10-16)19(23)22-9-8-20-15(2)12-22/h3-7,10-11,15,20H,8-9,12-13H2,1-2H3/t15-/m1/s1. The molecule has 0 saturated carbocycles. The minimum atomic E-state index is 0.0854. The van der Waals surface area contributed by atoms with Gasteiger partial charge in [0.1, 0.15) is 12.4 Å². The molecule has 1 atom stereocenters. The average molecular weight is 325 g/mol. The molecule has 0 bridgehead atoms. The number of aromatic nitrogens is 1. The predicted octanol–water partition coefficient (Wildman–Crippen LogP) is 2.40. The zero-order chi connectivity index (χ0) is 16.9.